The van der Waals surface area contributed by atoms with E-state index in [4.69, 9.17) is 20.4 Å². The molecule has 244 valence electrons. The minimum Gasteiger partial charge on any atom is -0.478 e. The fourth-order valence-corrected chi connectivity index (χ4v) is 7.55. The average molecular weight is 970 g/mol. The number of amides is 5. The number of fused-ring (bicyclic) bond motifs is 1. The summed E-state index contributed by atoms with van der Waals surface area (Å²) >= 11 is 5.13. The van der Waals surface area contributed by atoms with Gasteiger partial charge >= 0.3 is 11.9 Å². The summed E-state index contributed by atoms with van der Waals surface area (Å²) in [5.41, 5.74) is 9.14. The average Bonchev–Trinajstić information content (AvgIpc) is 3.22. The van der Waals surface area contributed by atoms with Crippen LogP contribution in [0.3, 0.4) is 0 Å². The molecule has 2 aromatic rings. The number of aromatic carboxylic acids is 2. The van der Waals surface area contributed by atoms with E-state index < -0.39 is 66.9 Å². The summed E-state index contributed by atoms with van der Waals surface area (Å²) in [6, 6.07) is 6.35. The second kappa shape index (κ2) is 18.2. The molecule has 2 atom stereocenters. The van der Waals surface area contributed by atoms with Crippen LogP contribution in [0.4, 0.5) is 5.69 Å². The van der Waals surface area contributed by atoms with E-state index in [1.54, 1.807) is 79.9 Å². The van der Waals surface area contributed by atoms with Crippen LogP contribution in [0.2, 0.25) is 0 Å². The number of nitrogens with two attached hydrogens (primary N) is 2. The summed E-state index contributed by atoms with van der Waals surface area (Å²) < 4.78 is 0.409. The molecule has 1 aliphatic rings. The van der Waals surface area contributed by atoms with Gasteiger partial charge in [-0.15, -0.1) is 0 Å². The van der Waals surface area contributed by atoms with Crippen molar-refractivity contribution in [2.75, 3.05) is 25.1 Å². The Hall–Kier alpha value is -3.04. The van der Waals surface area contributed by atoms with E-state index in [0.717, 1.165) is 4.90 Å². The smallest absolute Gasteiger partial charge is 0.337 e. The van der Waals surface area contributed by atoms with Gasteiger partial charge in [0.25, 0.3) is 11.8 Å². The zero-order valence-corrected chi connectivity index (χ0v) is 29.0. The third-order valence-electron chi connectivity index (χ3n) is 5.45. The maximum Gasteiger partial charge on any atom is 0.337 e. The van der Waals surface area contributed by atoms with Crippen molar-refractivity contribution in [1.82, 2.24) is 4.90 Å². The van der Waals surface area contributed by atoms with Gasteiger partial charge in [0.2, 0.25) is 17.7 Å². The van der Waals surface area contributed by atoms with Crippen molar-refractivity contribution in [2.24, 2.45) is 11.5 Å². The van der Waals surface area contributed by atoms with Crippen LogP contribution in [0.25, 0.3) is 0 Å². The minimum absolute atomic E-state index is 0.0513. The lowest BCUT2D eigenvalue weighted by Gasteiger charge is -2.17. The Labute approximate surface area is 294 Å². The number of primary amides is 2. The first-order valence-corrected chi connectivity index (χ1v) is 15.2. The Kier molecular flexibility index (Phi) is 16.2. The number of benzene rings is 2. The summed E-state index contributed by atoms with van der Waals surface area (Å²) in [6.07, 6.45) is -3.05. The van der Waals surface area contributed by atoms with Gasteiger partial charge in [-0.3, -0.25) is 28.9 Å². The maximum absolute atomic E-state index is 12.5. The second-order valence-corrected chi connectivity index (χ2v) is 11.7. The molecule has 0 fully saturated rings. The summed E-state index contributed by atoms with van der Waals surface area (Å²) in [4.78, 5) is 81.1. The van der Waals surface area contributed by atoms with Gasteiger partial charge in [-0.25, -0.2) is 9.59 Å². The maximum atomic E-state index is 12.5. The molecule has 0 saturated carbocycles. The molecule has 20 heteroatoms. The van der Waals surface area contributed by atoms with Crippen molar-refractivity contribution in [1.29, 1.82) is 0 Å². The van der Waals surface area contributed by atoms with Gasteiger partial charge in [0, 0.05) is 16.5 Å². The Morgan fingerprint density at radius 3 is 1.42 bits per heavy atom. The fraction of sp³-hybridized carbons (Fsp3) is 0.240. The highest BCUT2D eigenvalue weighted by Crippen LogP contribution is 2.36. The number of halogens is 3. The number of hydrogen-bond donors (Lipinski definition) is 9. The minimum atomic E-state index is -1.40. The van der Waals surface area contributed by atoms with E-state index in [0.29, 0.717) is 0 Å². The standard InChI is InChI=1S/C19H11I3N2O7.2C3H7NO3/c20-12-10(18(28)29)13(21)15(14(22)11(12)19(30)31)23-9(25)5-6-24-16(26)7-3-1-2-4-8(7)17(24)27;2*4-3(7)2(6)1-5/h1-4H,5-6H2,(H,23,25)(H,28,29)(H,30,31);2*2,5-6H,1H2,(H2,4,7). The number of hydrogen-bond acceptors (Lipinski definition) is 11. The quantitative estimate of drug-likeness (QED) is 0.104. The lowest BCUT2D eigenvalue weighted by molar-refractivity contribution is -0.128. The topological polar surface area (TPSA) is 308 Å². The predicted octanol–water partition coefficient (Wildman–Crippen LogP) is -0.829. The molecule has 0 spiro atoms. The van der Waals surface area contributed by atoms with Crippen molar-refractivity contribution < 1.29 is 64.2 Å². The van der Waals surface area contributed by atoms with Gasteiger partial charge in [-0.1, -0.05) is 12.1 Å². The van der Waals surface area contributed by atoms with Gasteiger partial charge in [0.05, 0.1) is 48.3 Å². The molecule has 0 aromatic heterocycles. The van der Waals surface area contributed by atoms with Gasteiger partial charge in [-0.2, -0.15) is 0 Å². The lowest BCUT2D eigenvalue weighted by Crippen LogP contribution is -2.33. The highest BCUT2D eigenvalue weighted by Gasteiger charge is 2.35. The van der Waals surface area contributed by atoms with Crippen LogP contribution in [0.5, 0.6) is 0 Å². The number of nitrogens with one attached hydrogen (secondary N) is 1. The molecule has 0 saturated heterocycles. The van der Waals surface area contributed by atoms with Gasteiger partial charge in [-0.05, 0) is 79.9 Å². The lowest BCUT2D eigenvalue weighted by atomic mass is 10.1. The molecule has 45 heavy (non-hydrogen) atoms. The largest absolute Gasteiger partial charge is 0.478 e. The van der Waals surface area contributed by atoms with E-state index >= 15 is 0 Å². The first kappa shape index (κ1) is 40.0. The van der Waals surface area contributed by atoms with E-state index in [2.05, 4.69) is 16.8 Å². The van der Waals surface area contributed by atoms with Crippen LogP contribution in [0, 0.1) is 10.7 Å². The summed E-state index contributed by atoms with van der Waals surface area (Å²) in [5.74, 6) is -6.03. The monoisotopic (exact) mass is 970 g/mol. The third-order valence-corrected chi connectivity index (χ3v) is 8.69. The summed E-state index contributed by atoms with van der Waals surface area (Å²) in [7, 11) is 0. The molecule has 5 amide bonds. The van der Waals surface area contributed by atoms with Crippen LogP contribution in [0.15, 0.2) is 24.3 Å². The third kappa shape index (κ3) is 10.5. The molecule has 0 aliphatic carbocycles. The zero-order valence-electron chi connectivity index (χ0n) is 22.6. The number of imide groups is 1. The number of carbonyl (C=O) groups excluding carboxylic acids is 5. The summed E-state index contributed by atoms with van der Waals surface area (Å²) in [5, 5.41) is 53.9. The van der Waals surface area contributed by atoms with Crippen molar-refractivity contribution >= 4 is 115 Å². The van der Waals surface area contributed by atoms with Crippen molar-refractivity contribution in [2.45, 2.75) is 18.6 Å². The van der Waals surface area contributed by atoms with E-state index in [-0.39, 0.29) is 51.6 Å². The number of aliphatic hydroxyl groups excluding tert-OH is 4. The van der Waals surface area contributed by atoms with E-state index in [9.17, 15) is 43.8 Å². The molecule has 0 radical (unpaired) electrons. The molecule has 0 bridgehead atoms. The van der Waals surface area contributed by atoms with Crippen LogP contribution in [0.1, 0.15) is 47.9 Å². The van der Waals surface area contributed by atoms with Crippen LogP contribution < -0.4 is 16.8 Å². The number of rotatable bonds is 10. The van der Waals surface area contributed by atoms with Crippen LogP contribution in [-0.4, -0.2) is 109 Å². The molecule has 3 rings (SSSR count). The molecule has 17 nitrogen and oxygen atoms in total. The van der Waals surface area contributed by atoms with E-state index in [1.165, 1.54) is 12.1 Å². The van der Waals surface area contributed by atoms with Crippen molar-refractivity contribution in [3.05, 3.63) is 57.2 Å². The number of carbonyl (C=O) groups is 7. The number of carboxylic acids is 2. The predicted molar refractivity (Wildman–Crippen MR) is 178 cm³/mol. The fourth-order valence-electron chi connectivity index (χ4n) is 3.19. The van der Waals surface area contributed by atoms with Crippen molar-refractivity contribution in [3.8, 4) is 0 Å². The second-order valence-electron chi connectivity index (χ2n) is 8.48. The van der Waals surface area contributed by atoms with Crippen LogP contribution in [-0.2, 0) is 14.4 Å². The Balaban J connectivity index is 0.000000601. The number of aliphatic hydroxyl groups is 4. The first-order valence-electron chi connectivity index (χ1n) is 12.0. The number of carboxylic acid groups (broad SMARTS) is 2. The molecular formula is C25H25I3N4O13. The van der Waals surface area contributed by atoms with Crippen LogP contribution >= 0.6 is 67.8 Å². The molecule has 2 aromatic carbocycles. The number of nitrogens with zero attached hydrogens (tertiary/aromatic N) is 1. The normalized spacial score (nSPS) is 12.9. The van der Waals surface area contributed by atoms with E-state index in [1.807, 2.05) is 0 Å². The highest BCUT2D eigenvalue weighted by atomic mass is 127. The highest BCUT2D eigenvalue weighted by molar-refractivity contribution is 14.1. The Morgan fingerprint density at radius 2 is 1.13 bits per heavy atom. The molecule has 1 heterocycles. The first-order chi connectivity index (χ1) is 20.9. The molecule has 1 aliphatic heterocycles. The van der Waals surface area contributed by atoms with Gasteiger partial charge in [0.15, 0.2) is 12.2 Å². The zero-order chi connectivity index (χ0) is 34.8. The Bertz CT molecular complexity index is 1420. The summed E-state index contributed by atoms with van der Waals surface area (Å²) in [6.45, 7) is -1.38. The molecule has 11 N–H and O–H groups in total. The SMILES string of the molecule is NC(=O)C(O)CO.NC(=O)C(O)CO.O=C(CCN1C(=O)c2ccccc2C1=O)Nc1c(I)c(C(=O)O)c(I)c(C(=O)O)c1I. The van der Waals surface area contributed by atoms with Gasteiger partial charge in [0.1, 0.15) is 0 Å². The molecular weight excluding hydrogens is 945 g/mol. The van der Waals surface area contributed by atoms with Gasteiger partial charge < -0.3 is 47.4 Å². The number of anilines is 1. The van der Waals surface area contributed by atoms with Crippen molar-refractivity contribution in [3.63, 3.8) is 0 Å². The molecule has 2 unspecified atom stereocenters. The Morgan fingerprint density at radius 1 is 0.756 bits per heavy atom.